The second-order valence-corrected chi connectivity index (χ2v) is 7.59. The molecule has 3 aromatic heterocycles. The highest BCUT2D eigenvalue weighted by Crippen LogP contribution is 2.31. The summed E-state index contributed by atoms with van der Waals surface area (Å²) in [5.41, 5.74) is 0.587. The highest BCUT2D eigenvalue weighted by molar-refractivity contribution is 7.99. The fourth-order valence-electron chi connectivity index (χ4n) is 2.18. The van der Waals surface area contributed by atoms with Gasteiger partial charge in [-0.15, -0.1) is 21.5 Å². The Kier molecular flexibility index (Phi) is 4.63. The second-order valence-electron chi connectivity index (χ2n) is 5.25. The van der Waals surface area contributed by atoms with Gasteiger partial charge >= 0.3 is 0 Å². The summed E-state index contributed by atoms with van der Waals surface area (Å²) in [6.07, 6.45) is 0.773. The average molecular weight is 347 g/mol. The molecule has 3 aromatic rings. The van der Waals surface area contributed by atoms with Crippen LogP contribution in [0.1, 0.15) is 34.4 Å². The number of aryl methyl sites for hydroxylation is 1. The van der Waals surface area contributed by atoms with Crippen molar-refractivity contribution in [3.63, 3.8) is 0 Å². The van der Waals surface area contributed by atoms with Gasteiger partial charge in [-0.3, -0.25) is 4.79 Å². The summed E-state index contributed by atoms with van der Waals surface area (Å²) in [5.74, 6) is 1.58. The normalized spacial score (nSPS) is 12.5. The Hall–Kier alpha value is -1.93. The molecular formula is C15H17N5OS2. The highest BCUT2D eigenvalue weighted by Gasteiger charge is 2.16. The van der Waals surface area contributed by atoms with Gasteiger partial charge in [-0.05, 0) is 25.3 Å². The van der Waals surface area contributed by atoms with Crippen LogP contribution in [0.5, 0.6) is 0 Å². The van der Waals surface area contributed by atoms with Crippen LogP contribution in [0.2, 0.25) is 0 Å². The van der Waals surface area contributed by atoms with Crippen molar-refractivity contribution in [3.05, 3.63) is 56.2 Å². The van der Waals surface area contributed by atoms with Crippen LogP contribution >= 0.6 is 23.1 Å². The first kappa shape index (κ1) is 15.9. The van der Waals surface area contributed by atoms with Crippen LogP contribution in [0.15, 0.2) is 33.5 Å². The first-order valence-corrected chi connectivity index (χ1v) is 8.94. The zero-order chi connectivity index (χ0) is 16.4. The van der Waals surface area contributed by atoms with Crippen molar-refractivity contribution in [1.82, 2.24) is 24.7 Å². The molecule has 1 atom stereocenters. The molecule has 1 N–H and O–H groups in total. The van der Waals surface area contributed by atoms with Crippen LogP contribution in [0, 0.1) is 6.92 Å². The molecule has 6 nitrogen and oxygen atoms in total. The molecular weight excluding hydrogens is 330 g/mol. The van der Waals surface area contributed by atoms with Crippen molar-refractivity contribution < 1.29 is 0 Å². The van der Waals surface area contributed by atoms with Crippen LogP contribution in [0.4, 0.5) is 0 Å². The van der Waals surface area contributed by atoms with Gasteiger partial charge in [0.2, 0.25) is 0 Å². The van der Waals surface area contributed by atoms with Gasteiger partial charge in [0.15, 0.2) is 5.16 Å². The van der Waals surface area contributed by atoms with Crippen molar-refractivity contribution in [2.24, 2.45) is 7.05 Å². The quantitative estimate of drug-likeness (QED) is 0.718. The maximum Gasteiger partial charge on any atom is 0.251 e. The Bertz CT molecular complexity index is 853. The van der Waals surface area contributed by atoms with Crippen LogP contribution in [0.3, 0.4) is 0 Å². The van der Waals surface area contributed by atoms with E-state index in [0.29, 0.717) is 11.5 Å². The van der Waals surface area contributed by atoms with E-state index in [1.807, 2.05) is 31.5 Å². The van der Waals surface area contributed by atoms with Gasteiger partial charge in [0.05, 0.1) is 5.25 Å². The van der Waals surface area contributed by atoms with Crippen molar-refractivity contribution in [3.8, 4) is 0 Å². The van der Waals surface area contributed by atoms with Gasteiger partial charge < -0.3 is 9.55 Å². The van der Waals surface area contributed by atoms with E-state index in [4.69, 9.17) is 0 Å². The zero-order valence-electron chi connectivity index (χ0n) is 13.1. The first-order valence-electron chi connectivity index (χ1n) is 7.18. The Labute approximate surface area is 142 Å². The van der Waals surface area contributed by atoms with E-state index in [1.165, 1.54) is 22.7 Å². The molecule has 0 amide bonds. The second kappa shape index (κ2) is 6.67. The summed E-state index contributed by atoms with van der Waals surface area (Å²) < 4.78 is 1.99. The molecule has 0 aliphatic heterocycles. The number of nitrogens with one attached hydrogen (secondary N) is 1. The van der Waals surface area contributed by atoms with E-state index in [-0.39, 0.29) is 10.8 Å². The molecule has 0 unspecified atom stereocenters. The largest absolute Gasteiger partial charge is 0.310 e. The van der Waals surface area contributed by atoms with Gasteiger partial charge in [0, 0.05) is 30.1 Å². The Balaban J connectivity index is 1.77. The fraction of sp³-hybridized carbons (Fsp3) is 0.333. The number of thiophene rings is 1. The van der Waals surface area contributed by atoms with Crippen LogP contribution in [-0.4, -0.2) is 24.7 Å². The molecule has 0 spiro atoms. The maximum atomic E-state index is 11.6. The van der Waals surface area contributed by atoms with Gasteiger partial charge in [-0.25, -0.2) is 4.98 Å². The minimum absolute atomic E-state index is 0.0138. The first-order chi connectivity index (χ1) is 11.0. The predicted octanol–water partition coefficient (Wildman–Crippen LogP) is 2.71. The Morgan fingerprint density at radius 1 is 1.43 bits per heavy atom. The third-order valence-corrected chi connectivity index (χ3v) is 5.41. The molecule has 23 heavy (non-hydrogen) atoms. The minimum Gasteiger partial charge on any atom is -0.310 e. The molecule has 0 aromatic carbocycles. The average Bonchev–Trinajstić information content (AvgIpc) is 3.11. The lowest BCUT2D eigenvalue weighted by molar-refractivity contribution is 0.746. The zero-order valence-corrected chi connectivity index (χ0v) is 14.7. The van der Waals surface area contributed by atoms with Gasteiger partial charge in [0.25, 0.3) is 5.56 Å². The predicted molar refractivity (Wildman–Crippen MR) is 92.0 cm³/mol. The van der Waals surface area contributed by atoms with Crippen molar-refractivity contribution in [1.29, 1.82) is 0 Å². The number of aromatic amines is 1. The monoisotopic (exact) mass is 347 g/mol. The smallest absolute Gasteiger partial charge is 0.251 e. The summed E-state index contributed by atoms with van der Waals surface area (Å²) >= 11 is 3.25. The van der Waals surface area contributed by atoms with Gasteiger partial charge in [0.1, 0.15) is 11.6 Å². The van der Waals surface area contributed by atoms with Crippen LogP contribution < -0.4 is 5.56 Å². The van der Waals surface area contributed by atoms with Gasteiger partial charge in [-0.2, -0.15) is 0 Å². The number of thioether (sulfide) groups is 1. The lowest BCUT2D eigenvalue weighted by Crippen LogP contribution is -2.12. The minimum atomic E-state index is -0.128. The summed E-state index contributed by atoms with van der Waals surface area (Å²) in [7, 11) is 1.96. The van der Waals surface area contributed by atoms with Crippen molar-refractivity contribution in [2.45, 2.75) is 30.7 Å². The van der Waals surface area contributed by atoms with Crippen molar-refractivity contribution in [2.75, 3.05) is 0 Å². The lowest BCUT2D eigenvalue weighted by atomic mass is 10.3. The molecule has 3 rings (SSSR count). The van der Waals surface area contributed by atoms with E-state index in [1.54, 1.807) is 11.3 Å². The summed E-state index contributed by atoms with van der Waals surface area (Å²) in [6.45, 7) is 3.81. The molecule has 0 bridgehead atoms. The molecule has 0 aliphatic rings. The maximum absolute atomic E-state index is 11.6. The molecule has 0 saturated heterocycles. The topological polar surface area (TPSA) is 76.5 Å². The third kappa shape index (κ3) is 3.70. The molecule has 3 heterocycles. The molecule has 0 fully saturated rings. The summed E-state index contributed by atoms with van der Waals surface area (Å²) in [6, 6.07) is 5.62. The van der Waals surface area contributed by atoms with Crippen LogP contribution in [0.25, 0.3) is 0 Å². The Morgan fingerprint density at radius 3 is 2.96 bits per heavy atom. The standard InChI is InChI=1S/C15H17N5OS2/c1-9-7-13(21)17-14(16-9)10(2)23-15-19-18-12(20(15)3)8-11-5-4-6-22-11/h4-7,10H,8H2,1-3H3,(H,16,17,21)/t10-/m1/s1. The number of nitrogens with zero attached hydrogens (tertiary/aromatic N) is 4. The number of hydrogen-bond donors (Lipinski definition) is 1. The molecule has 120 valence electrons. The Morgan fingerprint density at radius 2 is 2.26 bits per heavy atom. The van der Waals surface area contributed by atoms with E-state index < -0.39 is 0 Å². The summed E-state index contributed by atoms with van der Waals surface area (Å²) in [5, 5.41) is 11.4. The number of rotatable bonds is 5. The molecule has 8 heteroatoms. The van der Waals surface area contributed by atoms with E-state index >= 15 is 0 Å². The molecule has 0 saturated carbocycles. The SMILES string of the molecule is Cc1cc(=O)[nH]c([C@@H](C)Sc2nnc(Cc3cccs3)n2C)n1. The number of aromatic nitrogens is 5. The molecule has 0 radical (unpaired) electrons. The van der Waals surface area contributed by atoms with Crippen molar-refractivity contribution >= 4 is 23.1 Å². The van der Waals surface area contributed by atoms with E-state index in [9.17, 15) is 4.79 Å². The summed E-state index contributed by atoms with van der Waals surface area (Å²) in [4.78, 5) is 20.0. The van der Waals surface area contributed by atoms with Gasteiger partial charge in [-0.1, -0.05) is 17.8 Å². The van der Waals surface area contributed by atoms with E-state index in [2.05, 4.69) is 31.6 Å². The number of hydrogen-bond acceptors (Lipinski definition) is 6. The van der Waals surface area contributed by atoms with E-state index in [0.717, 1.165) is 17.4 Å². The van der Waals surface area contributed by atoms with Crippen LogP contribution in [-0.2, 0) is 13.5 Å². The fourth-order valence-corrected chi connectivity index (χ4v) is 3.77. The third-order valence-electron chi connectivity index (χ3n) is 3.39. The lowest BCUT2D eigenvalue weighted by Gasteiger charge is -2.10. The highest BCUT2D eigenvalue weighted by atomic mass is 32.2. The molecule has 0 aliphatic carbocycles. The number of H-pyrrole nitrogens is 1.